The van der Waals surface area contributed by atoms with Crippen LogP contribution in [0, 0.1) is 0 Å². The summed E-state index contributed by atoms with van der Waals surface area (Å²) in [5, 5.41) is 6.31. The van der Waals surface area contributed by atoms with Crippen LogP contribution in [-0.2, 0) is 0 Å². The molecule has 2 heterocycles. The van der Waals surface area contributed by atoms with E-state index in [0.29, 0.717) is 18.3 Å². The number of hydrogen-bond donors (Lipinski definition) is 2. The zero-order valence-electron chi connectivity index (χ0n) is 13.1. The number of piperidine rings is 1. The quantitative estimate of drug-likeness (QED) is 0.842. The average molecular weight is 290 g/mol. The zero-order valence-corrected chi connectivity index (χ0v) is 13.1. The zero-order chi connectivity index (χ0) is 15.1. The first-order valence-electron chi connectivity index (χ1n) is 7.96. The highest BCUT2D eigenvalue weighted by Gasteiger charge is 2.18. The summed E-state index contributed by atoms with van der Waals surface area (Å²) in [4.78, 5) is 18.4. The Morgan fingerprint density at radius 1 is 1.38 bits per heavy atom. The molecule has 1 saturated heterocycles. The Hall–Kier alpha value is -1.62. The van der Waals surface area contributed by atoms with Gasteiger partial charge in [0.2, 0.25) is 0 Å². The van der Waals surface area contributed by atoms with Gasteiger partial charge in [0.1, 0.15) is 5.69 Å². The van der Waals surface area contributed by atoms with Gasteiger partial charge in [0.25, 0.3) is 5.91 Å². The molecule has 2 N–H and O–H groups in total. The summed E-state index contributed by atoms with van der Waals surface area (Å²) in [6.07, 6.45) is 5.22. The molecule has 1 aliphatic rings. The van der Waals surface area contributed by atoms with E-state index < -0.39 is 0 Å². The lowest BCUT2D eigenvalue weighted by Crippen LogP contribution is -2.39. The molecule has 0 atom stereocenters. The van der Waals surface area contributed by atoms with Gasteiger partial charge in [0.15, 0.2) is 0 Å². The van der Waals surface area contributed by atoms with Crippen molar-refractivity contribution in [3.05, 3.63) is 24.0 Å². The predicted octanol–water partition coefficient (Wildman–Crippen LogP) is 2.12. The second kappa shape index (κ2) is 7.98. The maximum atomic E-state index is 11.8. The van der Waals surface area contributed by atoms with Crippen molar-refractivity contribution in [2.24, 2.45) is 0 Å². The minimum atomic E-state index is -0.112. The van der Waals surface area contributed by atoms with Crippen LogP contribution in [0.15, 0.2) is 18.3 Å². The van der Waals surface area contributed by atoms with Crippen molar-refractivity contribution in [2.75, 3.05) is 31.5 Å². The number of carbonyl (C=O) groups excluding carboxylic acids is 1. The number of anilines is 1. The summed E-state index contributed by atoms with van der Waals surface area (Å²) < 4.78 is 0. The number of aromatic nitrogens is 1. The number of amides is 1. The molecular formula is C16H26N4O. The van der Waals surface area contributed by atoms with E-state index in [1.807, 2.05) is 19.1 Å². The summed E-state index contributed by atoms with van der Waals surface area (Å²) in [6.45, 7) is 8.26. The average Bonchev–Trinajstić information content (AvgIpc) is 2.50. The van der Waals surface area contributed by atoms with E-state index in [-0.39, 0.29) is 5.91 Å². The van der Waals surface area contributed by atoms with E-state index in [0.717, 1.165) is 31.6 Å². The summed E-state index contributed by atoms with van der Waals surface area (Å²) in [5.74, 6) is -0.112. The number of pyridine rings is 1. The fourth-order valence-corrected chi connectivity index (χ4v) is 2.75. The van der Waals surface area contributed by atoms with E-state index >= 15 is 0 Å². The fraction of sp³-hybridized carbons (Fsp3) is 0.625. The van der Waals surface area contributed by atoms with Gasteiger partial charge in [-0.1, -0.05) is 6.92 Å². The van der Waals surface area contributed by atoms with Crippen LogP contribution in [0.3, 0.4) is 0 Å². The number of hydrogen-bond acceptors (Lipinski definition) is 4. The lowest BCUT2D eigenvalue weighted by atomic mass is 10.0. The molecule has 1 aromatic heterocycles. The van der Waals surface area contributed by atoms with E-state index in [1.165, 1.54) is 13.0 Å². The molecule has 0 radical (unpaired) electrons. The Balaban J connectivity index is 1.89. The van der Waals surface area contributed by atoms with Gasteiger partial charge >= 0.3 is 0 Å². The highest BCUT2D eigenvalue weighted by atomic mass is 16.1. The molecule has 1 aromatic rings. The normalized spacial score (nSPS) is 16.7. The summed E-state index contributed by atoms with van der Waals surface area (Å²) in [7, 11) is 0. The second-order valence-electron chi connectivity index (χ2n) is 5.55. The van der Waals surface area contributed by atoms with Crippen LogP contribution in [0.2, 0.25) is 0 Å². The van der Waals surface area contributed by atoms with Gasteiger partial charge in [-0.3, -0.25) is 9.78 Å². The molecule has 116 valence electrons. The van der Waals surface area contributed by atoms with Crippen LogP contribution in [-0.4, -0.2) is 48.0 Å². The Kier molecular flexibility index (Phi) is 5.99. The molecule has 0 spiro atoms. The van der Waals surface area contributed by atoms with Crippen LogP contribution >= 0.6 is 0 Å². The molecule has 5 nitrogen and oxygen atoms in total. The topological polar surface area (TPSA) is 57.3 Å². The molecule has 2 rings (SSSR count). The third-order valence-electron chi connectivity index (χ3n) is 3.83. The Morgan fingerprint density at radius 3 is 2.81 bits per heavy atom. The number of likely N-dealkylation sites (tertiary alicyclic amines) is 1. The van der Waals surface area contributed by atoms with Crippen LogP contribution in [0.4, 0.5) is 5.69 Å². The van der Waals surface area contributed by atoms with Gasteiger partial charge in [0.05, 0.1) is 0 Å². The van der Waals surface area contributed by atoms with Crippen molar-refractivity contribution in [1.29, 1.82) is 0 Å². The minimum Gasteiger partial charge on any atom is -0.382 e. The van der Waals surface area contributed by atoms with Crippen LogP contribution in [0.1, 0.15) is 43.6 Å². The molecule has 0 bridgehead atoms. The number of nitrogens with zero attached hydrogens (tertiary/aromatic N) is 2. The summed E-state index contributed by atoms with van der Waals surface area (Å²) >= 11 is 0. The van der Waals surface area contributed by atoms with Crippen molar-refractivity contribution >= 4 is 11.6 Å². The summed E-state index contributed by atoms with van der Waals surface area (Å²) in [5.41, 5.74) is 1.46. The van der Waals surface area contributed by atoms with Gasteiger partial charge < -0.3 is 15.5 Å². The molecular weight excluding hydrogens is 264 g/mol. The largest absolute Gasteiger partial charge is 0.382 e. The monoisotopic (exact) mass is 290 g/mol. The molecule has 0 aliphatic carbocycles. The minimum absolute atomic E-state index is 0.112. The van der Waals surface area contributed by atoms with Crippen molar-refractivity contribution < 1.29 is 4.79 Å². The first kappa shape index (κ1) is 15.8. The van der Waals surface area contributed by atoms with Gasteiger partial charge in [-0.15, -0.1) is 0 Å². The van der Waals surface area contributed by atoms with E-state index in [1.54, 1.807) is 6.20 Å². The van der Waals surface area contributed by atoms with Crippen molar-refractivity contribution in [3.8, 4) is 0 Å². The molecule has 0 aromatic carbocycles. The van der Waals surface area contributed by atoms with Gasteiger partial charge in [-0.2, -0.15) is 0 Å². The molecule has 0 saturated carbocycles. The highest BCUT2D eigenvalue weighted by molar-refractivity contribution is 5.93. The van der Waals surface area contributed by atoms with E-state index in [4.69, 9.17) is 0 Å². The Bertz CT molecular complexity index is 455. The fourth-order valence-electron chi connectivity index (χ4n) is 2.75. The number of rotatable bonds is 6. The van der Waals surface area contributed by atoms with Crippen molar-refractivity contribution in [2.45, 2.75) is 39.2 Å². The molecule has 21 heavy (non-hydrogen) atoms. The molecule has 1 fully saturated rings. The maximum absolute atomic E-state index is 11.8. The van der Waals surface area contributed by atoms with Crippen LogP contribution in [0.25, 0.3) is 0 Å². The number of nitrogens with one attached hydrogen (secondary N) is 2. The Morgan fingerprint density at radius 2 is 2.14 bits per heavy atom. The van der Waals surface area contributed by atoms with Gasteiger partial charge in [-0.05, 0) is 44.9 Å². The lowest BCUT2D eigenvalue weighted by Gasteiger charge is -2.32. The molecule has 1 aliphatic heterocycles. The molecule has 5 heteroatoms. The third kappa shape index (κ3) is 4.70. The third-order valence-corrected chi connectivity index (χ3v) is 3.83. The highest BCUT2D eigenvalue weighted by Crippen LogP contribution is 2.17. The smallest absolute Gasteiger partial charge is 0.269 e. The Labute approximate surface area is 127 Å². The predicted molar refractivity (Wildman–Crippen MR) is 85.6 cm³/mol. The number of carbonyl (C=O) groups is 1. The van der Waals surface area contributed by atoms with E-state index in [2.05, 4.69) is 27.4 Å². The first-order valence-corrected chi connectivity index (χ1v) is 7.96. The van der Waals surface area contributed by atoms with Crippen molar-refractivity contribution in [3.63, 3.8) is 0 Å². The maximum Gasteiger partial charge on any atom is 0.269 e. The first-order chi connectivity index (χ1) is 10.2. The van der Waals surface area contributed by atoms with Crippen LogP contribution in [0.5, 0.6) is 0 Å². The van der Waals surface area contributed by atoms with Crippen LogP contribution < -0.4 is 10.6 Å². The summed E-state index contributed by atoms with van der Waals surface area (Å²) in [6, 6.07) is 4.26. The molecule has 0 unspecified atom stereocenters. The standard InChI is InChI=1S/C16H26N4O/c1-3-9-20-10-6-13(7-11-20)19-14-5-8-18-15(12-14)16(21)17-4-2/h5,8,12-13H,3-4,6-7,9-11H2,1-2H3,(H,17,21)(H,18,19). The lowest BCUT2D eigenvalue weighted by molar-refractivity contribution is 0.0951. The SMILES string of the molecule is CCCN1CCC(Nc2ccnc(C(=O)NCC)c2)CC1. The molecule has 1 amide bonds. The van der Waals surface area contributed by atoms with Crippen molar-refractivity contribution in [1.82, 2.24) is 15.2 Å². The van der Waals surface area contributed by atoms with Gasteiger partial charge in [0, 0.05) is 37.6 Å². The van der Waals surface area contributed by atoms with Gasteiger partial charge in [-0.25, -0.2) is 0 Å². The van der Waals surface area contributed by atoms with E-state index in [9.17, 15) is 4.79 Å². The second-order valence-corrected chi connectivity index (χ2v) is 5.55.